The standard InChI is InChI=1S/C17H14ClN3O2S3/c18-12-6-1-2-7-13(12)19-17(24)20-14-8-3-4-9-15(14)21-26(22,23)16-10-5-11-25-16/h1-11,21H,(H2,19,20,24). The van der Waals surface area contributed by atoms with Crippen LogP contribution in [0.5, 0.6) is 0 Å². The molecule has 0 amide bonds. The quantitative estimate of drug-likeness (QED) is 0.503. The zero-order valence-corrected chi connectivity index (χ0v) is 16.5. The van der Waals surface area contributed by atoms with Crippen LogP contribution in [0.4, 0.5) is 17.1 Å². The minimum Gasteiger partial charge on any atom is -0.331 e. The minimum atomic E-state index is -3.65. The number of para-hydroxylation sites is 3. The van der Waals surface area contributed by atoms with E-state index >= 15 is 0 Å². The summed E-state index contributed by atoms with van der Waals surface area (Å²) < 4.78 is 27.7. The number of rotatable bonds is 5. The fourth-order valence-corrected chi connectivity index (χ4v) is 4.61. The summed E-state index contributed by atoms with van der Waals surface area (Å²) in [5.41, 5.74) is 1.57. The maximum absolute atomic E-state index is 12.4. The number of thiophene rings is 1. The number of halogens is 1. The summed E-state index contributed by atoms with van der Waals surface area (Å²) in [5, 5.41) is 8.51. The second-order valence-electron chi connectivity index (χ2n) is 5.14. The van der Waals surface area contributed by atoms with E-state index in [9.17, 15) is 8.42 Å². The first kappa shape index (κ1) is 18.7. The van der Waals surface area contributed by atoms with E-state index in [1.165, 1.54) is 0 Å². The molecule has 3 N–H and O–H groups in total. The van der Waals surface area contributed by atoms with E-state index in [4.69, 9.17) is 23.8 Å². The number of sulfonamides is 1. The lowest BCUT2D eigenvalue weighted by atomic mass is 10.3. The summed E-state index contributed by atoms with van der Waals surface area (Å²) in [6.45, 7) is 0. The lowest BCUT2D eigenvalue weighted by Gasteiger charge is -2.15. The van der Waals surface area contributed by atoms with Gasteiger partial charge < -0.3 is 10.6 Å². The van der Waals surface area contributed by atoms with Crippen molar-refractivity contribution in [2.75, 3.05) is 15.4 Å². The fraction of sp³-hybridized carbons (Fsp3) is 0. The summed E-state index contributed by atoms with van der Waals surface area (Å²) in [5.74, 6) is 0. The average Bonchev–Trinajstić information content (AvgIpc) is 3.14. The highest BCUT2D eigenvalue weighted by molar-refractivity contribution is 7.94. The molecule has 0 radical (unpaired) electrons. The third-order valence-corrected chi connectivity index (χ3v) is 6.60. The molecule has 0 saturated heterocycles. The maximum Gasteiger partial charge on any atom is 0.271 e. The highest BCUT2D eigenvalue weighted by Crippen LogP contribution is 2.27. The van der Waals surface area contributed by atoms with E-state index < -0.39 is 10.0 Å². The topological polar surface area (TPSA) is 70.2 Å². The molecule has 134 valence electrons. The van der Waals surface area contributed by atoms with Gasteiger partial charge in [-0.05, 0) is 47.9 Å². The van der Waals surface area contributed by atoms with E-state index in [2.05, 4.69) is 15.4 Å². The highest BCUT2D eigenvalue weighted by atomic mass is 35.5. The molecule has 26 heavy (non-hydrogen) atoms. The van der Waals surface area contributed by atoms with Crippen LogP contribution >= 0.6 is 35.2 Å². The molecule has 0 aliphatic heterocycles. The van der Waals surface area contributed by atoms with Crippen LogP contribution in [0.1, 0.15) is 0 Å². The van der Waals surface area contributed by atoms with Gasteiger partial charge in [0.1, 0.15) is 4.21 Å². The number of anilines is 3. The monoisotopic (exact) mass is 423 g/mol. The third-order valence-electron chi connectivity index (χ3n) is 3.30. The van der Waals surface area contributed by atoms with Crippen LogP contribution in [0.25, 0.3) is 0 Å². The Morgan fingerprint density at radius 2 is 1.50 bits per heavy atom. The van der Waals surface area contributed by atoms with E-state index in [1.807, 2.05) is 12.1 Å². The number of hydrogen-bond donors (Lipinski definition) is 3. The Hall–Kier alpha value is -2.13. The van der Waals surface area contributed by atoms with Gasteiger partial charge in [-0.1, -0.05) is 41.9 Å². The zero-order valence-electron chi connectivity index (χ0n) is 13.3. The molecule has 1 aromatic heterocycles. The van der Waals surface area contributed by atoms with Gasteiger partial charge >= 0.3 is 0 Å². The van der Waals surface area contributed by atoms with Gasteiger partial charge in [0, 0.05) is 0 Å². The molecule has 0 atom stereocenters. The Balaban J connectivity index is 1.77. The zero-order chi connectivity index (χ0) is 18.6. The van der Waals surface area contributed by atoms with Crippen molar-refractivity contribution in [3.05, 3.63) is 71.1 Å². The molecule has 0 aliphatic rings. The van der Waals surface area contributed by atoms with Crippen molar-refractivity contribution in [1.82, 2.24) is 0 Å². The summed E-state index contributed by atoms with van der Waals surface area (Å²) in [6.07, 6.45) is 0. The number of benzene rings is 2. The SMILES string of the molecule is O=S(=O)(Nc1ccccc1NC(=S)Nc1ccccc1Cl)c1cccs1. The summed E-state index contributed by atoms with van der Waals surface area (Å²) in [7, 11) is -3.65. The first-order valence-corrected chi connectivity index (χ1v) is 10.6. The normalized spacial score (nSPS) is 11.0. The Bertz CT molecular complexity index is 1020. The van der Waals surface area contributed by atoms with Gasteiger partial charge in [-0.2, -0.15) is 0 Å². The van der Waals surface area contributed by atoms with Crippen LogP contribution in [-0.2, 0) is 10.0 Å². The van der Waals surface area contributed by atoms with Gasteiger partial charge in [0.2, 0.25) is 0 Å². The Labute approximate surface area is 166 Å². The van der Waals surface area contributed by atoms with Gasteiger partial charge in [0.15, 0.2) is 5.11 Å². The molecule has 0 unspecified atom stereocenters. The maximum atomic E-state index is 12.4. The van der Waals surface area contributed by atoms with Crippen LogP contribution in [-0.4, -0.2) is 13.5 Å². The van der Waals surface area contributed by atoms with Crippen molar-refractivity contribution in [2.24, 2.45) is 0 Å². The second kappa shape index (κ2) is 8.05. The van der Waals surface area contributed by atoms with Gasteiger partial charge in [-0.3, -0.25) is 4.72 Å². The predicted molar refractivity (Wildman–Crippen MR) is 113 cm³/mol. The molecule has 5 nitrogen and oxygen atoms in total. The molecule has 0 saturated carbocycles. The first-order valence-electron chi connectivity index (χ1n) is 7.43. The summed E-state index contributed by atoms with van der Waals surface area (Å²) in [4.78, 5) is 0. The van der Waals surface area contributed by atoms with Gasteiger partial charge in [-0.15, -0.1) is 11.3 Å². The van der Waals surface area contributed by atoms with E-state index in [0.29, 0.717) is 27.2 Å². The molecule has 3 aromatic rings. The number of nitrogens with one attached hydrogen (secondary N) is 3. The molecule has 1 heterocycles. The molecule has 3 rings (SSSR count). The summed E-state index contributed by atoms with van der Waals surface area (Å²) >= 11 is 12.6. The van der Waals surface area contributed by atoms with Crippen LogP contribution in [0.3, 0.4) is 0 Å². The Kier molecular flexibility index (Phi) is 5.77. The lowest BCUT2D eigenvalue weighted by molar-refractivity contribution is 0.603. The van der Waals surface area contributed by atoms with Crippen LogP contribution in [0.2, 0.25) is 5.02 Å². The van der Waals surface area contributed by atoms with Crippen molar-refractivity contribution in [3.8, 4) is 0 Å². The number of hydrogen-bond acceptors (Lipinski definition) is 4. The smallest absolute Gasteiger partial charge is 0.271 e. The average molecular weight is 424 g/mol. The molecular formula is C17H14ClN3O2S3. The highest BCUT2D eigenvalue weighted by Gasteiger charge is 2.17. The van der Waals surface area contributed by atoms with E-state index in [0.717, 1.165) is 11.3 Å². The molecular weight excluding hydrogens is 410 g/mol. The Morgan fingerprint density at radius 3 is 2.15 bits per heavy atom. The van der Waals surface area contributed by atoms with Crippen molar-refractivity contribution in [2.45, 2.75) is 4.21 Å². The lowest BCUT2D eigenvalue weighted by Crippen LogP contribution is -2.21. The first-order chi connectivity index (χ1) is 12.5. The van der Waals surface area contributed by atoms with E-state index in [1.54, 1.807) is 53.9 Å². The van der Waals surface area contributed by atoms with Crippen LogP contribution in [0, 0.1) is 0 Å². The predicted octanol–water partition coefficient (Wildman–Crippen LogP) is 5.01. The molecule has 0 bridgehead atoms. The van der Waals surface area contributed by atoms with Crippen molar-refractivity contribution >= 4 is 67.4 Å². The fourth-order valence-electron chi connectivity index (χ4n) is 2.13. The number of thiocarbonyl (C=S) groups is 1. The van der Waals surface area contributed by atoms with Crippen LogP contribution < -0.4 is 15.4 Å². The van der Waals surface area contributed by atoms with E-state index in [-0.39, 0.29) is 4.21 Å². The van der Waals surface area contributed by atoms with Gasteiger partial charge in [0.25, 0.3) is 10.0 Å². The molecule has 9 heteroatoms. The van der Waals surface area contributed by atoms with Gasteiger partial charge in [0.05, 0.1) is 22.1 Å². The third kappa shape index (κ3) is 4.53. The largest absolute Gasteiger partial charge is 0.331 e. The van der Waals surface area contributed by atoms with Crippen molar-refractivity contribution in [1.29, 1.82) is 0 Å². The van der Waals surface area contributed by atoms with Crippen molar-refractivity contribution < 1.29 is 8.42 Å². The minimum absolute atomic E-state index is 0.240. The molecule has 0 aliphatic carbocycles. The summed E-state index contributed by atoms with van der Waals surface area (Å²) in [6, 6.07) is 17.3. The molecule has 0 spiro atoms. The second-order valence-corrected chi connectivity index (χ2v) is 8.81. The molecule has 2 aromatic carbocycles. The van der Waals surface area contributed by atoms with Crippen molar-refractivity contribution in [3.63, 3.8) is 0 Å². The molecule has 0 fully saturated rings. The van der Waals surface area contributed by atoms with Crippen LogP contribution in [0.15, 0.2) is 70.3 Å². The van der Waals surface area contributed by atoms with Gasteiger partial charge in [-0.25, -0.2) is 8.42 Å². The Morgan fingerprint density at radius 1 is 0.885 bits per heavy atom.